The Hall–Kier alpha value is -2.01. The average Bonchev–Trinajstić information content (AvgIpc) is 3.35. The lowest BCUT2D eigenvalue weighted by Crippen LogP contribution is -2.25. The van der Waals surface area contributed by atoms with Gasteiger partial charge in [0, 0.05) is 29.7 Å². The summed E-state index contributed by atoms with van der Waals surface area (Å²) in [6.07, 6.45) is 1.57. The van der Waals surface area contributed by atoms with Crippen molar-refractivity contribution in [3.05, 3.63) is 41.2 Å². The quantitative estimate of drug-likeness (QED) is 0.288. The highest BCUT2D eigenvalue weighted by atomic mass is 32.2. The molecule has 150 valence electrons. The van der Waals surface area contributed by atoms with Crippen molar-refractivity contribution >= 4 is 39.8 Å². The van der Waals surface area contributed by atoms with E-state index in [0.29, 0.717) is 31.8 Å². The number of ether oxygens (including phenoxy) is 2. The number of carbonyl (C=O) groups excluding carboxylic acids is 1. The molecule has 1 aromatic carbocycles. The number of nitrogens with zero attached hydrogens (tertiary/aromatic N) is 2. The van der Waals surface area contributed by atoms with Gasteiger partial charge in [0.25, 0.3) is 5.91 Å². The number of amides is 1. The van der Waals surface area contributed by atoms with E-state index in [1.165, 1.54) is 0 Å². The molecule has 1 amide bonds. The van der Waals surface area contributed by atoms with Crippen LogP contribution in [0.25, 0.3) is 0 Å². The van der Waals surface area contributed by atoms with Gasteiger partial charge in [0.2, 0.25) is 0 Å². The highest BCUT2D eigenvalue weighted by molar-refractivity contribution is 7.99. The Balaban J connectivity index is 1.74. The zero-order chi connectivity index (χ0) is 19.8. The van der Waals surface area contributed by atoms with Crippen LogP contribution in [0.4, 0.5) is 9.52 Å². The molecule has 1 aromatic heterocycles. The van der Waals surface area contributed by atoms with Gasteiger partial charge >= 0.3 is 0 Å². The van der Waals surface area contributed by atoms with Gasteiger partial charge in [0.1, 0.15) is 0 Å². The Morgan fingerprint density at radius 3 is 2.93 bits per heavy atom. The molecule has 0 saturated carbocycles. The molecule has 1 saturated heterocycles. The van der Waals surface area contributed by atoms with Crippen LogP contribution in [0.2, 0.25) is 0 Å². The third kappa shape index (κ3) is 5.99. The van der Waals surface area contributed by atoms with Crippen LogP contribution >= 0.6 is 23.1 Å². The van der Waals surface area contributed by atoms with Gasteiger partial charge in [-0.05, 0) is 12.1 Å². The number of halogens is 1. The summed E-state index contributed by atoms with van der Waals surface area (Å²) >= 11 is 2.39. The molecule has 0 aliphatic carbocycles. The maximum atomic E-state index is 13.2. The third-order valence-corrected chi connectivity index (χ3v) is 5.46. The molecule has 2 heterocycles. The van der Waals surface area contributed by atoms with Gasteiger partial charge in [0.15, 0.2) is 22.1 Å². The van der Waals surface area contributed by atoms with Gasteiger partial charge < -0.3 is 14.3 Å². The number of rotatable bonds is 9. The average molecular weight is 426 g/mol. The molecule has 0 radical (unpaired) electrons. The van der Waals surface area contributed by atoms with E-state index < -0.39 is 11.0 Å². The van der Waals surface area contributed by atoms with Crippen molar-refractivity contribution in [2.45, 2.75) is 17.4 Å². The molecule has 0 unspecified atom stereocenters. The normalized spacial score (nSPS) is 16.9. The first-order valence-electron chi connectivity index (χ1n) is 8.62. The molecule has 28 heavy (non-hydrogen) atoms. The van der Waals surface area contributed by atoms with E-state index in [1.807, 2.05) is 12.1 Å². The SMILES string of the molecule is COCCSc1ccc(C(=NO[C@@H]2CCOC2)C(=O)Nc2ncc(F)s2)cc1. The van der Waals surface area contributed by atoms with Crippen molar-refractivity contribution in [2.24, 2.45) is 5.16 Å². The second kappa shape index (κ2) is 10.5. The second-order valence-electron chi connectivity index (χ2n) is 5.82. The van der Waals surface area contributed by atoms with E-state index >= 15 is 0 Å². The van der Waals surface area contributed by atoms with Gasteiger partial charge in [-0.1, -0.05) is 28.6 Å². The lowest BCUT2D eigenvalue weighted by molar-refractivity contribution is -0.110. The highest BCUT2D eigenvalue weighted by Gasteiger charge is 2.21. The van der Waals surface area contributed by atoms with Crippen molar-refractivity contribution in [1.82, 2.24) is 4.98 Å². The maximum Gasteiger partial charge on any atom is 0.280 e. The summed E-state index contributed by atoms with van der Waals surface area (Å²) in [7, 11) is 1.66. The van der Waals surface area contributed by atoms with E-state index in [-0.39, 0.29) is 16.9 Å². The van der Waals surface area contributed by atoms with E-state index in [9.17, 15) is 9.18 Å². The minimum absolute atomic E-state index is 0.0935. The van der Waals surface area contributed by atoms with Gasteiger partial charge in [-0.25, -0.2) is 4.98 Å². The predicted octanol–water partition coefficient (Wildman–Crippen LogP) is 3.17. The number of thioether (sulfide) groups is 1. The summed E-state index contributed by atoms with van der Waals surface area (Å²) in [6, 6.07) is 7.40. The summed E-state index contributed by atoms with van der Waals surface area (Å²) < 4.78 is 23.5. The van der Waals surface area contributed by atoms with Crippen LogP contribution in [0, 0.1) is 5.13 Å². The van der Waals surface area contributed by atoms with Crippen molar-refractivity contribution in [3.8, 4) is 0 Å². The molecule has 0 spiro atoms. The minimum atomic E-state index is -0.520. The van der Waals surface area contributed by atoms with Crippen molar-refractivity contribution < 1.29 is 23.5 Å². The van der Waals surface area contributed by atoms with Crippen molar-refractivity contribution in [1.29, 1.82) is 0 Å². The molecule has 1 aliphatic heterocycles. The zero-order valence-corrected chi connectivity index (χ0v) is 16.9. The summed E-state index contributed by atoms with van der Waals surface area (Å²) in [4.78, 5) is 23.0. The molecular weight excluding hydrogens is 405 g/mol. The number of hydrogen-bond donors (Lipinski definition) is 1. The van der Waals surface area contributed by atoms with Crippen LogP contribution in [0.1, 0.15) is 12.0 Å². The topological polar surface area (TPSA) is 82.0 Å². The zero-order valence-electron chi connectivity index (χ0n) is 15.2. The Morgan fingerprint density at radius 1 is 1.46 bits per heavy atom. The fourth-order valence-corrected chi connectivity index (χ4v) is 3.72. The van der Waals surface area contributed by atoms with E-state index in [2.05, 4.69) is 15.5 Å². The van der Waals surface area contributed by atoms with Crippen LogP contribution in [0.3, 0.4) is 0 Å². The summed E-state index contributed by atoms with van der Waals surface area (Å²) in [5, 5.41) is 6.30. The van der Waals surface area contributed by atoms with Gasteiger partial charge in [-0.15, -0.1) is 11.8 Å². The lowest BCUT2D eigenvalue weighted by Gasteiger charge is -2.10. The van der Waals surface area contributed by atoms with Crippen LogP contribution in [-0.4, -0.2) is 55.4 Å². The Bertz CT molecular complexity index is 807. The van der Waals surface area contributed by atoms with Crippen LogP contribution in [0.15, 0.2) is 40.5 Å². The van der Waals surface area contributed by atoms with Gasteiger partial charge in [0.05, 0.1) is 26.0 Å². The summed E-state index contributed by atoms with van der Waals surface area (Å²) in [5.41, 5.74) is 0.681. The third-order valence-electron chi connectivity index (χ3n) is 3.78. The van der Waals surface area contributed by atoms with Crippen molar-refractivity contribution in [2.75, 3.05) is 38.0 Å². The molecule has 7 nitrogen and oxygen atoms in total. The van der Waals surface area contributed by atoms with Crippen LogP contribution in [-0.2, 0) is 19.1 Å². The Kier molecular flexibility index (Phi) is 7.78. The largest absolute Gasteiger partial charge is 0.389 e. The monoisotopic (exact) mass is 425 g/mol. The number of carbonyl (C=O) groups is 1. The number of thiazole rings is 1. The molecule has 0 bridgehead atoms. The molecule has 3 rings (SSSR count). The maximum absolute atomic E-state index is 13.2. The molecule has 1 N–H and O–H groups in total. The number of anilines is 1. The second-order valence-corrected chi connectivity index (χ2v) is 7.97. The van der Waals surface area contributed by atoms with Gasteiger partial charge in [-0.2, -0.15) is 4.39 Å². The minimum Gasteiger partial charge on any atom is -0.389 e. The Morgan fingerprint density at radius 2 is 2.29 bits per heavy atom. The molecular formula is C18H20FN3O4S2. The predicted molar refractivity (Wildman–Crippen MR) is 107 cm³/mol. The first kappa shape index (κ1) is 20.7. The molecule has 2 aromatic rings. The number of oxime groups is 1. The number of hydrogen-bond acceptors (Lipinski definition) is 8. The first-order chi connectivity index (χ1) is 13.7. The molecule has 1 fully saturated rings. The fraction of sp³-hybridized carbons (Fsp3) is 0.389. The number of aromatic nitrogens is 1. The molecule has 10 heteroatoms. The number of nitrogens with one attached hydrogen (secondary N) is 1. The van der Waals surface area contributed by atoms with Crippen molar-refractivity contribution in [3.63, 3.8) is 0 Å². The van der Waals surface area contributed by atoms with E-state index in [0.717, 1.165) is 28.2 Å². The van der Waals surface area contributed by atoms with Crippen LogP contribution in [0.5, 0.6) is 0 Å². The first-order valence-corrected chi connectivity index (χ1v) is 10.4. The fourth-order valence-electron chi connectivity index (χ4n) is 2.37. The Labute approximate surface area is 170 Å². The molecule has 1 atom stereocenters. The van der Waals surface area contributed by atoms with E-state index in [1.54, 1.807) is 31.0 Å². The van der Waals surface area contributed by atoms with Gasteiger partial charge in [-0.3, -0.25) is 10.1 Å². The number of benzene rings is 1. The smallest absolute Gasteiger partial charge is 0.280 e. The summed E-state index contributed by atoms with van der Waals surface area (Å²) in [5.74, 6) is 0.311. The summed E-state index contributed by atoms with van der Waals surface area (Å²) in [6.45, 7) is 1.70. The highest BCUT2D eigenvalue weighted by Crippen LogP contribution is 2.20. The standard InChI is InChI=1S/C18H20FN3O4S2/c1-24-8-9-27-14-4-2-12(3-5-14)16(22-26-13-6-7-25-11-13)17(23)21-18-20-10-15(19)28-18/h2-5,10,13H,6-9,11H2,1H3,(H,20,21,23)/t13-/m1/s1. The number of methoxy groups -OCH3 is 1. The van der Waals surface area contributed by atoms with E-state index in [4.69, 9.17) is 14.3 Å². The molecule has 1 aliphatic rings. The lowest BCUT2D eigenvalue weighted by atomic mass is 10.1. The van der Waals surface area contributed by atoms with Crippen LogP contribution < -0.4 is 5.32 Å².